The van der Waals surface area contributed by atoms with Gasteiger partial charge in [-0.2, -0.15) is 0 Å². The maximum Gasteiger partial charge on any atom is 0.305 e. The van der Waals surface area contributed by atoms with E-state index in [4.69, 9.17) is 10.8 Å². The van der Waals surface area contributed by atoms with E-state index in [0.29, 0.717) is 6.54 Å². The first kappa shape index (κ1) is 15.0. The van der Waals surface area contributed by atoms with E-state index < -0.39 is 5.97 Å². The predicted octanol–water partition coefficient (Wildman–Crippen LogP) is 1.22. The van der Waals surface area contributed by atoms with Crippen LogP contribution >= 0.6 is 0 Å². The fourth-order valence-corrected chi connectivity index (χ4v) is 2.73. The van der Waals surface area contributed by atoms with E-state index in [1.54, 1.807) is 11.8 Å². The molecule has 1 aliphatic rings. The van der Waals surface area contributed by atoms with Crippen LogP contribution in [0.5, 0.6) is 0 Å². The Balaban J connectivity index is 2.63. The number of carbonyl (C=O) groups is 2. The summed E-state index contributed by atoms with van der Waals surface area (Å²) in [5.41, 5.74) is 5.90. The molecule has 3 N–H and O–H groups in total. The Hall–Kier alpha value is -1.10. The first-order valence-corrected chi connectivity index (χ1v) is 6.73. The number of rotatable bonds is 5. The van der Waals surface area contributed by atoms with Crippen molar-refractivity contribution in [1.29, 1.82) is 0 Å². The number of carboxylic acid groups (broad SMARTS) is 1. The van der Waals surface area contributed by atoms with Crippen molar-refractivity contribution < 1.29 is 14.7 Å². The second-order valence-electron chi connectivity index (χ2n) is 5.19. The average molecular weight is 256 g/mol. The molecule has 0 aromatic carbocycles. The average Bonchev–Trinajstić information content (AvgIpc) is 2.28. The lowest BCUT2D eigenvalue weighted by molar-refractivity contribution is -0.142. The highest BCUT2D eigenvalue weighted by molar-refractivity contribution is 5.80. The fraction of sp³-hybridized carbons (Fsp3) is 0.846. The lowest BCUT2D eigenvalue weighted by atomic mass is 9.85. The third-order valence-corrected chi connectivity index (χ3v) is 3.69. The molecular weight excluding hydrogens is 232 g/mol. The quantitative estimate of drug-likeness (QED) is 0.774. The molecule has 0 heterocycles. The van der Waals surface area contributed by atoms with Crippen LogP contribution in [0.2, 0.25) is 0 Å². The van der Waals surface area contributed by atoms with Gasteiger partial charge >= 0.3 is 5.97 Å². The van der Waals surface area contributed by atoms with E-state index in [1.807, 2.05) is 6.92 Å². The van der Waals surface area contributed by atoms with Crippen molar-refractivity contribution >= 4 is 11.9 Å². The van der Waals surface area contributed by atoms with Gasteiger partial charge in [0, 0.05) is 24.5 Å². The number of hydrogen-bond donors (Lipinski definition) is 2. The number of carbonyl (C=O) groups excluding carboxylic acids is 1. The minimum atomic E-state index is -0.867. The van der Waals surface area contributed by atoms with Gasteiger partial charge in [0.2, 0.25) is 5.91 Å². The highest BCUT2D eigenvalue weighted by atomic mass is 16.4. The van der Waals surface area contributed by atoms with Crippen LogP contribution in [0.25, 0.3) is 0 Å². The lowest BCUT2D eigenvalue weighted by Gasteiger charge is -2.34. The number of nitrogens with zero attached hydrogens (tertiary/aromatic N) is 1. The molecule has 0 aliphatic heterocycles. The van der Waals surface area contributed by atoms with Gasteiger partial charge in [-0.1, -0.05) is 6.42 Å². The number of aliphatic carboxylic acids is 1. The summed E-state index contributed by atoms with van der Waals surface area (Å²) in [4.78, 5) is 24.8. The van der Waals surface area contributed by atoms with Crippen LogP contribution < -0.4 is 5.73 Å². The smallest absolute Gasteiger partial charge is 0.305 e. The summed E-state index contributed by atoms with van der Waals surface area (Å²) in [6, 6.07) is -0.140. The van der Waals surface area contributed by atoms with E-state index in [0.717, 1.165) is 25.7 Å². The van der Waals surface area contributed by atoms with E-state index >= 15 is 0 Å². The summed E-state index contributed by atoms with van der Waals surface area (Å²) in [6.07, 6.45) is 3.58. The van der Waals surface area contributed by atoms with Gasteiger partial charge in [-0.3, -0.25) is 9.59 Å². The molecule has 1 aliphatic carbocycles. The maximum atomic E-state index is 12.4. The van der Waals surface area contributed by atoms with Crippen LogP contribution in [-0.4, -0.2) is 40.5 Å². The molecule has 18 heavy (non-hydrogen) atoms. The first-order valence-electron chi connectivity index (χ1n) is 6.73. The molecule has 0 spiro atoms. The molecule has 0 bridgehead atoms. The van der Waals surface area contributed by atoms with Crippen molar-refractivity contribution in [2.75, 3.05) is 6.54 Å². The van der Waals surface area contributed by atoms with E-state index in [-0.39, 0.29) is 30.3 Å². The third-order valence-electron chi connectivity index (χ3n) is 3.69. The zero-order chi connectivity index (χ0) is 13.7. The van der Waals surface area contributed by atoms with Gasteiger partial charge in [0.05, 0.1) is 6.42 Å². The first-order chi connectivity index (χ1) is 8.45. The van der Waals surface area contributed by atoms with Crippen LogP contribution in [0.1, 0.15) is 46.0 Å². The van der Waals surface area contributed by atoms with Crippen molar-refractivity contribution in [2.24, 2.45) is 11.7 Å². The van der Waals surface area contributed by atoms with Gasteiger partial charge in [0.15, 0.2) is 0 Å². The monoisotopic (exact) mass is 256 g/mol. The lowest BCUT2D eigenvalue weighted by Crippen LogP contribution is -2.45. The van der Waals surface area contributed by atoms with E-state index in [2.05, 4.69) is 0 Å². The minimum absolute atomic E-state index is 0.00163. The summed E-state index contributed by atoms with van der Waals surface area (Å²) in [6.45, 7) is 4.23. The molecule has 1 fully saturated rings. The van der Waals surface area contributed by atoms with Crippen LogP contribution in [0.3, 0.4) is 0 Å². The molecule has 104 valence electrons. The predicted molar refractivity (Wildman–Crippen MR) is 69.0 cm³/mol. The minimum Gasteiger partial charge on any atom is -0.481 e. The number of amides is 1. The van der Waals surface area contributed by atoms with Crippen LogP contribution in [-0.2, 0) is 9.59 Å². The normalized spacial score (nSPS) is 25.5. The maximum absolute atomic E-state index is 12.4. The van der Waals surface area contributed by atoms with Crippen molar-refractivity contribution in [3.8, 4) is 0 Å². The molecular formula is C13H24N2O3. The molecule has 1 saturated carbocycles. The summed E-state index contributed by atoms with van der Waals surface area (Å²) in [7, 11) is 0. The van der Waals surface area contributed by atoms with Crippen molar-refractivity contribution in [1.82, 2.24) is 4.90 Å². The Morgan fingerprint density at radius 1 is 1.44 bits per heavy atom. The summed E-state index contributed by atoms with van der Waals surface area (Å²) < 4.78 is 0. The van der Waals surface area contributed by atoms with Crippen LogP contribution in [0.4, 0.5) is 0 Å². The third kappa shape index (κ3) is 3.98. The largest absolute Gasteiger partial charge is 0.481 e. The van der Waals surface area contributed by atoms with Crippen molar-refractivity contribution in [3.05, 3.63) is 0 Å². The second kappa shape index (κ2) is 6.73. The molecule has 1 rings (SSSR count). The van der Waals surface area contributed by atoms with Gasteiger partial charge in [-0.05, 0) is 33.1 Å². The molecule has 1 amide bonds. The van der Waals surface area contributed by atoms with Gasteiger partial charge in [0.25, 0.3) is 0 Å². The SMILES string of the molecule is CCN(C(=O)C1CCCC(N)C1)C(C)CC(=O)O. The van der Waals surface area contributed by atoms with Gasteiger partial charge in [-0.15, -0.1) is 0 Å². The summed E-state index contributed by atoms with van der Waals surface area (Å²) in [5, 5.41) is 8.80. The van der Waals surface area contributed by atoms with Gasteiger partial charge < -0.3 is 15.7 Å². The number of hydrogen-bond acceptors (Lipinski definition) is 3. The summed E-state index contributed by atoms with van der Waals surface area (Å²) in [5.74, 6) is -0.819. The molecule has 3 unspecified atom stereocenters. The summed E-state index contributed by atoms with van der Waals surface area (Å²) >= 11 is 0. The standard InChI is InChI=1S/C13H24N2O3/c1-3-15(9(2)7-12(16)17)13(18)10-5-4-6-11(14)8-10/h9-11H,3-8,14H2,1-2H3,(H,16,17). The molecule has 0 aromatic rings. The molecule has 3 atom stereocenters. The molecule has 0 radical (unpaired) electrons. The highest BCUT2D eigenvalue weighted by Crippen LogP contribution is 2.25. The van der Waals surface area contributed by atoms with E-state index in [9.17, 15) is 9.59 Å². The number of carboxylic acids is 1. The van der Waals surface area contributed by atoms with Crippen molar-refractivity contribution in [2.45, 2.75) is 58.0 Å². The highest BCUT2D eigenvalue weighted by Gasteiger charge is 2.30. The zero-order valence-electron chi connectivity index (χ0n) is 11.3. The van der Waals surface area contributed by atoms with Gasteiger partial charge in [-0.25, -0.2) is 0 Å². The Bertz CT molecular complexity index is 307. The Morgan fingerprint density at radius 2 is 2.11 bits per heavy atom. The van der Waals surface area contributed by atoms with Crippen LogP contribution in [0, 0.1) is 5.92 Å². The van der Waals surface area contributed by atoms with Gasteiger partial charge in [0.1, 0.15) is 0 Å². The molecule has 5 heteroatoms. The van der Waals surface area contributed by atoms with Crippen molar-refractivity contribution in [3.63, 3.8) is 0 Å². The fourth-order valence-electron chi connectivity index (χ4n) is 2.73. The second-order valence-corrected chi connectivity index (χ2v) is 5.19. The Morgan fingerprint density at radius 3 is 2.61 bits per heavy atom. The van der Waals surface area contributed by atoms with Crippen LogP contribution in [0.15, 0.2) is 0 Å². The Kier molecular flexibility index (Phi) is 5.59. The zero-order valence-corrected chi connectivity index (χ0v) is 11.3. The van der Waals surface area contributed by atoms with E-state index in [1.165, 1.54) is 0 Å². The Labute approximate surface area is 108 Å². The molecule has 0 aromatic heterocycles. The molecule has 5 nitrogen and oxygen atoms in total. The topological polar surface area (TPSA) is 83.6 Å². The molecule has 0 saturated heterocycles. The number of nitrogens with two attached hydrogens (primary N) is 1.